The zero-order valence-corrected chi connectivity index (χ0v) is 14.5. The molecule has 0 fully saturated rings. The molecule has 0 bridgehead atoms. The van der Waals surface area contributed by atoms with Crippen molar-refractivity contribution in [1.82, 2.24) is 19.7 Å². The summed E-state index contributed by atoms with van der Waals surface area (Å²) in [7, 11) is -1.89. The monoisotopic (exact) mass is 363 g/mol. The Hall–Kier alpha value is -1.38. The first-order valence-corrected chi connectivity index (χ1v) is 8.81. The normalized spacial score (nSPS) is 11.9. The summed E-state index contributed by atoms with van der Waals surface area (Å²) in [5.74, 6) is 0.198. The molecule has 0 radical (unpaired) electrons. The van der Waals surface area contributed by atoms with E-state index in [1.807, 2.05) is 13.8 Å². The van der Waals surface area contributed by atoms with E-state index in [1.54, 1.807) is 13.2 Å². The molecule has 0 aliphatic heterocycles. The molecular weight excluding hydrogens is 349 g/mol. The molecule has 2 aromatic heterocycles. The van der Waals surface area contributed by atoms with Crippen molar-refractivity contribution in [2.45, 2.75) is 18.9 Å². The molecule has 0 aliphatic rings. The van der Waals surface area contributed by atoms with Crippen molar-refractivity contribution in [3.8, 4) is 0 Å². The third-order valence-electron chi connectivity index (χ3n) is 2.61. The number of sulfone groups is 1. The van der Waals surface area contributed by atoms with Gasteiger partial charge >= 0.3 is 0 Å². The number of aromatic nitrogens is 4. The fraction of sp³-hybridized carbons (Fsp3) is 0.417. The summed E-state index contributed by atoms with van der Waals surface area (Å²) in [6.07, 6.45) is 2.87. The number of aryl methyl sites for hydroxylation is 1. The SMILES string of the molecule is CC(C)CS(=O)(=O)c1nn(C)cc1Nc1nc(Cl)ncc1Cl. The van der Waals surface area contributed by atoms with Crippen LogP contribution in [0.4, 0.5) is 11.5 Å². The van der Waals surface area contributed by atoms with Gasteiger partial charge in [-0.25, -0.2) is 13.4 Å². The Bertz CT molecular complexity index is 789. The Morgan fingerprint density at radius 2 is 2.05 bits per heavy atom. The molecule has 10 heteroatoms. The predicted molar refractivity (Wildman–Crippen MR) is 85.4 cm³/mol. The lowest BCUT2D eigenvalue weighted by atomic mass is 10.3. The lowest BCUT2D eigenvalue weighted by Gasteiger charge is -2.09. The maximum Gasteiger partial charge on any atom is 0.224 e. The predicted octanol–water partition coefficient (Wildman–Crippen LogP) is 2.69. The largest absolute Gasteiger partial charge is 0.335 e. The van der Waals surface area contributed by atoms with E-state index < -0.39 is 9.84 Å². The number of anilines is 2. The summed E-state index contributed by atoms with van der Waals surface area (Å²) in [4.78, 5) is 7.68. The van der Waals surface area contributed by atoms with E-state index in [0.29, 0.717) is 5.69 Å². The average molecular weight is 364 g/mol. The third kappa shape index (κ3) is 3.88. The van der Waals surface area contributed by atoms with Gasteiger partial charge in [0.2, 0.25) is 10.3 Å². The highest BCUT2D eigenvalue weighted by Gasteiger charge is 2.25. The fourth-order valence-electron chi connectivity index (χ4n) is 1.86. The number of rotatable bonds is 5. The molecule has 0 saturated heterocycles. The molecule has 1 N–H and O–H groups in total. The van der Waals surface area contributed by atoms with Crippen LogP contribution in [0.1, 0.15) is 13.8 Å². The Balaban J connectivity index is 2.43. The van der Waals surface area contributed by atoms with Gasteiger partial charge in [-0.05, 0) is 17.5 Å². The van der Waals surface area contributed by atoms with E-state index in [2.05, 4.69) is 20.4 Å². The van der Waals surface area contributed by atoms with Gasteiger partial charge in [-0.3, -0.25) is 4.68 Å². The lowest BCUT2D eigenvalue weighted by Crippen LogP contribution is -2.14. The van der Waals surface area contributed by atoms with Crippen molar-refractivity contribution in [2.75, 3.05) is 11.1 Å². The van der Waals surface area contributed by atoms with Gasteiger partial charge < -0.3 is 5.32 Å². The summed E-state index contributed by atoms with van der Waals surface area (Å²) in [6.45, 7) is 3.66. The number of hydrogen-bond donors (Lipinski definition) is 1. The van der Waals surface area contributed by atoms with Crippen molar-refractivity contribution in [2.24, 2.45) is 13.0 Å². The standard InChI is InChI=1S/C12H15Cl2N5O2S/c1-7(2)6-22(20,21)11-9(5-19(3)18-11)16-10-8(13)4-15-12(14)17-10/h4-5,7H,6H2,1-3H3,(H,15,16,17). The van der Waals surface area contributed by atoms with Gasteiger partial charge in [-0.1, -0.05) is 25.4 Å². The fourth-order valence-corrected chi connectivity index (χ4v) is 3.86. The Kier molecular flexibility index (Phi) is 4.93. The maximum atomic E-state index is 12.4. The molecule has 7 nitrogen and oxygen atoms in total. The molecule has 0 spiro atoms. The Labute approximate surface area is 138 Å². The molecule has 0 saturated carbocycles. The zero-order chi connectivity index (χ0) is 16.5. The molecule has 0 aliphatic carbocycles. The third-order valence-corrected chi connectivity index (χ3v) is 5.06. The molecule has 2 heterocycles. The van der Waals surface area contributed by atoms with Crippen molar-refractivity contribution in [3.63, 3.8) is 0 Å². The molecule has 0 aromatic carbocycles. The highest BCUT2D eigenvalue weighted by Crippen LogP contribution is 2.28. The summed E-state index contributed by atoms with van der Waals surface area (Å²) in [5.41, 5.74) is 0.291. The van der Waals surface area contributed by atoms with E-state index >= 15 is 0 Å². The minimum absolute atomic E-state index is 0.00220. The Morgan fingerprint density at radius 3 is 2.68 bits per heavy atom. The topological polar surface area (TPSA) is 89.8 Å². The highest BCUT2D eigenvalue weighted by molar-refractivity contribution is 7.91. The highest BCUT2D eigenvalue weighted by atomic mass is 35.5. The second-order valence-corrected chi connectivity index (χ2v) is 7.85. The molecule has 120 valence electrons. The van der Waals surface area contributed by atoms with Crippen molar-refractivity contribution >= 4 is 44.5 Å². The van der Waals surface area contributed by atoms with Crippen LogP contribution < -0.4 is 5.32 Å². The second-order valence-electron chi connectivity index (χ2n) is 5.16. The number of hydrogen-bond acceptors (Lipinski definition) is 6. The molecular formula is C12H15Cl2N5O2S. The smallest absolute Gasteiger partial charge is 0.224 e. The van der Waals surface area contributed by atoms with Crippen LogP contribution in [0.25, 0.3) is 0 Å². The Morgan fingerprint density at radius 1 is 1.36 bits per heavy atom. The van der Waals surface area contributed by atoms with E-state index in [4.69, 9.17) is 23.2 Å². The van der Waals surface area contributed by atoms with Crippen molar-refractivity contribution in [3.05, 3.63) is 22.7 Å². The average Bonchev–Trinajstić information content (AvgIpc) is 2.74. The quantitative estimate of drug-likeness (QED) is 0.821. The van der Waals surface area contributed by atoms with Crippen LogP contribution in [0.5, 0.6) is 0 Å². The van der Waals surface area contributed by atoms with Gasteiger partial charge in [0, 0.05) is 13.2 Å². The van der Waals surface area contributed by atoms with Crippen LogP contribution in [0.3, 0.4) is 0 Å². The van der Waals surface area contributed by atoms with Crippen LogP contribution in [-0.4, -0.2) is 33.9 Å². The summed E-state index contributed by atoms with van der Waals surface area (Å²) in [6, 6.07) is 0. The van der Waals surface area contributed by atoms with Crippen molar-refractivity contribution < 1.29 is 8.42 Å². The van der Waals surface area contributed by atoms with Crippen molar-refractivity contribution in [1.29, 1.82) is 0 Å². The van der Waals surface area contributed by atoms with Crippen LogP contribution in [0.15, 0.2) is 17.4 Å². The van der Waals surface area contributed by atoms with Gasteiger partial charge in [0.05, 0.1) is 17.6 Å². The zero-order valence-electron chi connectivity index (χ0n) is 12.2. The molecule has 0 unspecified atom stereocenters. The van der Waals surface area contributed by atoms with Gasteiger partial charge in [-0.2, -0.15) is 10.1 Å². The first kappa shape index (κ1) is 17.0. The van der Waals surface area contributed by atoms with E-state index in [9.17, 15) is 8.42 Å². The molecule has 22 heavy (non-hydrogen) atoms. The van der Waals surface area contributed by atoms with Crippen LogP contribution >= 0.6 is 23.2 Å². The van der Waals surface area contributed by atoms with E-state index in [0.717, 1.165) is 0 Å². The first-order valence-electron chi connectivity index (χ1n) is 6.40. The summed E-state index contributed by atoms with van der Waals surface area (Å²) < 4.78 is 26.2. The summed E-state index contributed by atoms with van der Waals surface area (Å²) in [5, 5.41) is 7.06. The number of nitrogens with one attached hydrogen (secondary N) is 1. The second kappa shape index (κ2) is 6.39. The van der Waals surface area contributed by atoms with Crippen LogP contribution in [0.2, 0.25) is 10.3 Å². The van der Waals surface area contributed by atoms with Gasteiger partial charge in [0.15, 0.2) is 15.7 Å². The molecule has 2 aromatic rings. The maximum absolute atomic E-state index is 12.4. The van der Waals surface area contributed by atoms with E-state index in [1.165, 1.54) is 10.9 Å². The van der Waals surface area contributed by atoms with Gasteiger partial charge in [0.1, 0.15) is 5.02 Å². The van der Waals surface area contributed by atoms with Crippen LogP contribution in [0, 0.1) is 5.92 Å². The molecule has 0 atom stereocenters. The first-order chi connectivity index (χ1) is 10.2. The number of nitrogens with zero attached hydrogens (tertiary/aromatic N) is 4. The van der Waals surface area contributed by atoms with Crippen LogP contribution in [-0.2, 0) is 16.9 Å². The number of halogens is 2. The lowest BCUT2D eigenvalue weighted by molar-refractivity contribution is 0.575. The molecule has 0 amide bonds. The minimum atomic E-state index is -3.53. The minimum Gasteiger partial charge on any atom is -0.335 e. The van der Waals surface area contributed by atoms with E-state index in [-0.39, 0.29) is 32.8 Å². The van der Waals surface area contributed by atoms with Gasteiger partial charge in [-0.15, -0.1) is 0 Å². The van der Waals surface area contributed by atoms with Gasteiger partial charge in [0.25, 0.3) is 0 Å². The summed E-state index contributed by atoms with van der Waals surface area (Å²) >= 11 is 11.7. The molecule has 2 rings (SSSR count).